The van der Waals surface area contributed by atoms with Gasteiger partial charge in [-0.1, -0.05) is 44.8 Å². The minimum Gasteiger partial charge on any atom is -0.206 e. The van der Waals surface area contributed by atoms with E-state index >= 15 is 0 Å². The van der Waals surface area contributed by atoms with Crippen LogP contribution in [-0.2, 0) is 6.18 Å². The Hall–Kier alpha value is -1.39. The Balaban J connectivity index is 1.42. The summed E-state index contributed by atoms with van der Waals surface area (Å²) in [5, 5.41) is 0. The highest BCUT2D eigenvalue weighted by atomic mass is 19.4. The van der Waals surface area contributed by atoms with Crippen molar-refractivity contribution in [2.45, 2.75) is 96.1 Å². The van der Waals surface area contributed by atoms with E-state index in [-0.39, 0.29) is 5.92 Å². The fraction of sp³-hybridized carbons (Fsp3) is 0.692. The quantitative estimate of drug-likeness (QED) is 0.292. The molecule has 0 aromatic heterocycles. The van der Waals surface area contributed by atoms with Gasteiger partial charge in [-0.3, -0.25) is 0 Å². The van der Waals surface area contributed by atoms with Crippen molar-refractivity contribution in [3.05, 3.63) is 47.0 Å². The Morgan fingerprint density at radius 2 is 1.26 bits per heavy atom. The molecule has 5 heteroatoms. The highest BCUT2D eigenvalue weighted by molar-refractivity contribution is 5.30. The predicted octanol–water partition coefficient (Wildman–Crippen LogP) is 9.20. The van der Waals surface area contributed by atoms with E-state index in [0.717, 1.165) is 56.1 Å². The number of allylic oxidation sites excluding steroid dienone is 2. The molecule has 31 heavy (non-hydrogen) atoms. The Labute approximate surface area is 183 Å². The Morgan fingerprint density at radius 1 is 0.774 bits per heavy atom. The molecule has 0 bridgehead atoms. The average Bonchev–Trinajstić information content (AvgIpc) is 2.72. The zero-order chi connectivity index (χ0) is 22.4. The first kappa shape index (κ1) is 24.3. The topological polar surface area (TPSA) is 0 Å². The lowest BCUT2D eigenvalue weighted by Gasteiger charge is -2.32. The van der Waals surface area contributed by atoms with Crippen LogP contribution in [0, 0.1) is 29.4 Å². The Kier molecular flexibility index (Phi) is 8.58. The Morgan fingerprint density at radius 3 is 1.74 bits per heavy atom. The van der Waals surface area contributed by atoms with Gasteiger partial charge in [-0.15, -0.1) is 0 Å². The lowest BCUT2D eigenvalue weighted by molar-refractivity contribution is -0.142. The SMILES string of the molecule is CC/C=C/CC1CCC(CCC2CCC(c3cc(F)c(C(F)(F)F)c(F)c3)CC2)CC1. The molecule has 0 amide bonds. The molecule has 0 atom stereocenters. The molecule has 0 unspecified atom stereocenters. The fourth-order valence-corrected chi connectivity index (χ4v) is 5.57. The molecule has 2 aliphatic rings. The molecular weight excluding hydrogens is 407 g/mol. The zero-order valence-corrected chi connectivity index (χ0v) is 18.5. The van der Waals surface area contributed by atoms with Crippen LogP contribution < -0.4 is 0 Å². The minimum absolute atomic E-state index is 0.0471. The lowest BCUT2D eigenvalue weighted by atomic mass is 9.74. The maximum atomic E-state index is 13.9. The van der Waals surface area contributed by atoms with E-state index in [1.165, 1.54) is 44.9 Å². The second-order valence-electron chi connectivity index (χ2n) is 9.65. The first-order valence-electron chi connectivity index (χ1n) is 12.0. The molecule has 1 aromatic rings. The smallest absolute Gasteiger partial charge is 0.206 e. The molecule has 0 aliphatic heterocycles. The minimum atomic E-state index is -5.00. The molecular formula is C26H35F5. The van der Waals surface area contributed by atoms with Crippen LogP contribution >= 0.6 is 0 Å². The van der Waals surface area contributed by atoms with Crippen molar-refractivity contribution in [1.29, 1.82) is 0 Å². The van der Waals surface area contributed by atoms with Gasteiger partial charge in [0.05, 0.1) is 0 Å². The van der Waals surface area contributed by atoms with E-state index in [1.54, 1.807) is 0 Å². The summed E-state index contributed by atoms with van der Waals surface area (Å²) in [4.78, 5) is 0. The van der Waals surface area contributed by atoms with Crippen LogP contribution in [0.3, 0.4) is 0 Å². The van der Waals surface area contributed by atoms with Crippen LogP contribution in [0.1, 0.15) is 101 Å². The van der Waals surface area contributed by atoms with Gasteiger partial charge in [0, 0.05) is 0 Å². The van der Waals surface area contributed by atoms with Crippen LogP contribution in [0.25, 0.3) is 0 Å². The summed E-state index contributed by atoms with van der Waals surface area (Å²) in [6.45, 7) is 2.17. The molecule has 2 saturated carbocycles. The van der Waals surface area contributed by atoms with Gasteiger partial charge in [-0.2, -0.15) is 13.2 Å². The third-order valence-electron chi connectivity index (χ3n) is 7.49. The summed E-state index contributed by atoms with van der Waals surface area (Å²) in [5.41, 5.74) is -1.40. The molecule has 2 aliphatic carbocycles. The summed E-state index contributed by atoms with van der Waals surface area (Å²) >= 11 is 0. The van der Waals surface area contributed by atoms with E-state index in [9.17, 15) is 22.0 Å². The molecule has 1 aromatic carbocycles. The molecule has 174 valence electrons. The maximum absolute atomic E-state index is 13.9. The summed E-state index contributed by atoms with van der Waals surface area (Å²) in [5.74, 6) is -0.739. The molecule has 0 heterocycles. The highest BCUT2D eigenvalue weighted by Gasteiger charge is 2.38. The molecule has 0 spiro atoms. The van der Waals surface area contributed by atoms with Gasteiger partial charge in [0.25, 0.3) is 0 Å². The number of halogens is 5. The number of hydrogen-bond acceptors (Lipinski definition) is 0. The van der Waals surface area contributed by atoms with Crippen LogP contribution in [0.15, 0.2) is 24.3 Å². The first-order valence-corrected chi connectivity index (χ1v) is 12.0. The average molecular weight is 443 g/mol. The second kappa shape index (κ2) is 11.0. The maximum Gasteiger partial charge on any atom is 0.422 e. The van der Waals surface area contributed by atoms with Crippen molar-refractivity contribution >= 4 is 0 Å². The van der Waals surface area contributed by atoms with Crippen LogP contribution in [0.4, 0.5) is 22.0 Å². The van der Waals surface area contributed by atoms with Crippen molar-refractivity contribution in [2.75, 3.05) is 0 Å². The summed E-state index contributed by atoms with van der Waals surface area (Å²) < 4.78 is 66.2. The van der Waals surface area contributed by atoms with Crippen LogP contribution in [0.5, 0.6) is 0 Å². The standard InChI is InChI=1S/C26H35F5/c1-2-3-4-5-18-6-8-19(9-7-18)10-11-20-12-14-21(15-13-20)22-16-23(27)25(24(28)17-22)26(29,30)31/h3-4,16-21H,2,5-15H2,1H3/b4-3+. The molecule has 0 nitrogen and oxygen atoms in total. The van der Waals surface area contributed by atoms with Crippen molar-refractivity contribution < 1.29 is 22.0 Å². The summed E-state index contributed by atoms with van der Waals surface area (Å²) in [6, 6.07) is 1.79. The van der Waals surface area contributed by atoms with Crippen LogP contribution in [-0.4, -0.2) is 0 Å². The number of alkyl halides is 3. The third-order valence-corrected chi connectivity index (χ3v) is 7.49. The van der Waals surface area contributed by atoms with Gasteiger partial charge in [-0.25, -0.2) is 8.78 Å². The monoisotopic (exact) mass is 442 g/mol. The molecule has 3 rings (SSSR count). The number of rotatable bonds is 7. The van der Waals surface area contributed by atoms with Crippen molar-refractivity contribution in [3.8, 4) is 0 Å². The van der Waals surface area contributed by atoms with Gasteiger partial charge >= 0.3 is 6.18 Å². The molecule has 0 N–H and O–H groups in total. The van der Waals surface area contributed by atoms with Crippen molar-refractivity contribution in [2.24, 2.45) is 17.8 Å². The summed E-state index contributed by atoms with van der Waals surface area (Å²) in [6.07, 6.45) is 13.3. The van der Waals surface area contributed by atoms with Crippen molar-refractivity contribution in [1.82, 2.24) is 0 Å². The van der Waals surface area contributed by atoms with Gasteiger partial charge in [0.2, 0.25) is 0 Å². The second-order valence-corrected chi connectivity index (χ2v) is 9.65. The normalized spacial score (nSPS) is 27.7. The molecule has 0 saturated heterocycles. The van der Waals surface area contributed by atoms with E-state index in [4.69, 9.17) is 0 Å². The number of hydrogen-bond donors (Lipinski definition) is 0. The predicted molar refractivity (Wildman–Crippen MR) is 115 cm³/mol. The van der Waals surface area contributed by atoms with E-state index < -0.39 is 23.4 Å². The molecule has 0 radical (unpaired) electrons. The zero-order valence-electron chi connectivity index (χ0n) is 18.5. The molecule has 2 fully saturated rings. The van der Waals surface area contributed by atoms with Crippen LogP contribution in [0.2, 0.25) is 0 Å². The lowest BCUT2D eigenvalue weighted by Crippen LogP contribution is -2.18. The van der Waals surface area contributed by atoms with Gasteiger partial charge < -0.3 is 0 Å². The summed E-state index contributed by atoms with van der Waals surface area (Å²) in [7, 11) is 0. The van der Waals surface area contributed by atoms with E-state index in [0.29, 0.717) is 11.5 Å². The first-order chi connectivity index (χ1) is 14.8. The van der Waals surface area contributed by atoms with Crippen molar-refractivity contribution in [3.63, 3.8) is 0 Å². The third kappa shape index (κ3) is 6.79. The van der Waals surface area contributed by atoms with Gasteiger partial charge in [0.15, 0.2) is 0 Å². The van der Waals surface area contributed by atoms with Gasteiger partial charge in [0.1, 0.15) is 17.2 Å². The van der Waals surface area contributed by atoms with E-state index in [1.807, 2.05) is 0 Å². The van der Waals surface area contributed by atoms with Gasteiger partial charge in [-0.05, 0) is 92.7 Å². The van der Waals surface area contributed by atoms with E-state index in [2.05, 4.69) is 19.1 Å². The largest absolute Gasteiger partial charge is 0.422 e. The fourth-order valence-electron chi connectivity index (χ4n) is 5.57. The Bertz CT molecular complexity index is 697. The highest BCUT2D eigenvalue weighted by Crippen LogP contribution is 2.42. The number of benzene rings is 1.